The van der Waals surface area contributed by atoms with Gasteiger partial charge >= 0.3 is 5.97 Å². The molecule has 0 aliphatic carbocycles. The molecule has 0 aliphatic rings. The van der Waals surface area contributed by atoms with Crippen molar-refractivity contribution in [3.63, 3.8) is 0 Å². The van der Waals surface area contributed by atoms with Crippen molar-refractivity contribution in [3.05, 3.63) is 29.8 Å². The summed E-state index contributed by atoms with van der Waals surface area (Å²) in [6, 6.07) is 5.54. The number of carbonyl (C=O) groups is 1. The fourth-order valence-corrected chi connectivity index (χ4v) is 3.17. The highest BCUT2D eigenvalue weighted by Gasteiger charge is 2.11. The van der Waals surface area contributed by atoms with E-state index in [0.717, 1.165) is 11.8 Å². The Morgan fingerprint density at radius 1 is 0.963 bits per heavy atom. The van der Waals surface area contributed by atoms with Crippen LogP contribution in [0.2, 0.25) is 0 Å². The van der Waals surface area contributed by atoms with Gasteiger partial charge in [0.05, 0.1) is 18.7 Å². The lowest BCUT2D eigenvalue weighted by Crippen LogP contribution is -2.86. The van der Waals surface area contributed by atoms with Crippen molar-refractivity contribution < 1.29 is 20.3 Å². The average molecular weight is 380 g/mol. The first-order chi connectivity index (χ1) is 13.0. The highest BCUT2D eigenvalue weighted by molar-refractivity contribution is 5.90. The number of carboxylic acid groups (broad SMARTS) is 1. The molecule has 0 heterocycles. The number of nitrogens with two attached hydrogens (primary N) is 1. The summed E-state index contributed by atoms with van der Waals surface area (Å²) in [7, 11) is 0. The van der Waals surface area contributed by atoms with Crippen molar-refractivity contribution in [3.8, 4) is 5.75 Å². The quantitative estimate of drug-likeness (QED) is 0.532. The topological polar surface area (TPSA) is 77.0 Å². The van der Waals surface area contributed by atoms with Crippen molar-refractivity contribution in [2.24, 2.45) is 11.8 Å². The first-order valence-corrected chi connectivity index (χ1v) is 10.8. The fraction of sp³-hybridized carbons (Fsp3) is 0.696. The first-order valence-electron chi connectivity index (χ1n) is 10.8. The van der Waals surface area contributed by atoms with Crippen LogP contribution in [-0.2, 0) is 0 Å². The molecular weight excluding hydrogens is 338 g/mol. The maximum Gasteiger partial charge on any atom is 0.335 e. The van der Waals surface area contributed by atoms with E-state index in [1.54, 1.807) is 0 Å². The molecule has 4 nitrogen and oxygen atoms in total. The Bertz CT molecular complexity index is 474. The van der Waals surface area contributed by atoms with Gasteiger partial charge in [-0.2, -0.15) is 0 Å². The number of carboxylic acids is 1. The van der Waals surface area contributed by atoms with E-state index in [1.807, 2.05) is 0 Å². The fourth-order valence-electron chi connectivity index (χ4n) is 3.17. The Hall–Kier alpha value is -1.55. The summed E-state index contributed by atoms with van der Waals surface area (Å²) in [6.07, 6.45) is 11.1. The summed E-state index contributed by atoms with van der Waals surface area (Å²) < 4.78 is 0. The number of benzene rings is 1. The summed E-state index contributed by atoms with van der Waals surface area (Å²) in [5.41, 5.74) is -0.178. The minimum absolute atomic E-state index is 0.178. The van der Waals surface area contributed by atoms with Gasteiger partial charge in [-0.1, -0.05) is 77.3 Å². The van der Waals surface area contributed by atoms with Crippen LogP contribution in [0.25, 0.3) is 0 Å². The minimum Gasteiger partial charge on any atom is -0.872 e. The summed E-state index contributed by atoms with van der Waals surface area (Å²) in [4.78, 5) is 10.2. The predicted octanol–water partition coefficient (Wildman–Crippen LogP) is 4.44. The van der Waals surface area contributed by atoms with Crippen molar-refractivity contribution in [2.45, 2.75) is 79.1 Å². The normalized spacial score (nSPS) is 12.7. The SMILES string of the molecule is CCCCC(CC)C[NH2+]CC(CC)CCCC.O=C(O)c1ccccc1[O-]. The van der Waals surface area contributed by atoms with Gasteiger partial charge in [0.1, 0.15) is 0 Å². The summed E-state index contributed by atoms with van der Waals surface area (Å²) in [5.74, 6) is 0.290. The Kier molecular flexibility index (Phi) is 15.7. The van der Waals surface area contributed by atoms with Crippen LogP contribution in [0.5, 0.6) is 5.75 Å². The van der Waals surface area contributed by atoms with E-state index in [9.17, 15) is 9.90 Å². The maximum atomic E-state index is 10.7. The predicted molar refractivity (Wildman–Crippen MR) is 111 cm³/mol. The molecule has 0 saturated heterocycles. The second-order valence-corrected chi connectivity index (χ2v) is 7.39. The Morgan fingerprint density at radius 2 is 1.44 bits per heavy atom. The highest BCUT2D eigenvalue weighted by Crippen LogP contribution is 2.12. The number of quaternary nitrogens is 1. The molecule has 1 rings (SSSR count). The molecule has 4 heteroatoms. The Morgan fingerprint density at radius 3 is 1.78 bits per heavy atom. The third-order valence-electron chi connectivity index (χ3n) is 5.20. The van der Waals surface area contributed by atoms with E-state index in [4.69, 9.17) is 5.11 Å². The van der Waals surface area contributed by atoms with Crippen molar-refractivity contribution in [1.82, 2.24) is 0 Å². The third-order valence-corrected chi connectivity index (χ3v) is 5.20. The zero-order chi connectivity index (χ0) is 20.5. The van der Waals surface area contributed by atoms with E-state index in [1.165, 1.54) is 88.7 Å². The van der Waals surface area contributed by atoms with E-state index in [-0.39, 0.29) is 5.56 Å². The number of hydrogen-bond acceptors (Lipinski definition) is 2. The Labute approximate surface area is 166 Å². The molecule has 1 aromatic carbocycles. The van der Waals surface area contributed by atoms with Crippen LogP contribution in [0.4, 0.5) is 0 Å². The molecule has 0 radical (unpaired) electrons. The first kappa shape index (κ1) is 25.4. The molecule has 0 fully saturated rings. The molecule has 1 aromatic rings. The standard InChI is InChI=1S/C16H35N.C7H6O3/c1-5-9-11-15(7-3)13-17-14-16(8-4)12-10-6-2;8-6-4-2-1-3-5(6)7(9)10/h15-17H,5-14H2,1-4H3;1-4,8H,(H,9,10). The number of unbranched alkanes of at least 4 members (excludes halogenated alkanes) is 2. The van der Waals surface area contributed by atoms with Crippen molar-refractivity contribution >= 4 is 5.97 Å². The largest absolute Gasteiger partial charge is 0.872 e. The molecule has 2 atom stereocenters. The van der Waals surface area contributed by atoms with Crippen molar-refractivity contribution in [2.75, 3.05) is 13.1 Å². The monoisotopic (exact) mass is 379 g/mol. The van der Waals surface area contributed by atoms with Gasteiger partial charge in [0.25, 0.3) is 0 Å². The Balaban J connectivity index is 0.000000569. The molecular formula is C23H41NO3. The van der Waals surface area contributed by atoms with Gasteiger partial charge in [-0.15, -0.1) is 0 Å². The number of aromatic carboxylic acids is 1. The third kappa shape index (κ3) is 12.5. The highest BCUT2D eigenvalue weighted by atomic mass is 16.4. The van der Waals surface area contributed by atoms with E-state index >= 15 is 0 Å². The lowest BCUT2D eigenvalue weighted by atomic mass is 9.97. The zero-order valence-corrected chi connectivity index (χ0v) is 17.9. The summed E-state index contributed by atoms with van der Waals surface area (Å²) in [5, 5.41) is 21.6. The maximum absolute atomic E-state index is 10.7. The van der Waals surface area contributed by atoms with Crippen LogP contribution in [0.3, 0.4) is 0 Å². The molecule has 156 valence electrons. The molecule has 0 aromatic heterocycles. The van der Waals surface area contributed by atoms with E-state index < -0.39 is 11.7 Å². The summed E-state index contributed by atoms with van der Waals surface area (Å²) in [6.45, 7) is 12.0. The molecule has 0 amide bonds. The van der Waals surface area contributed by atoms with Gasteiger partial charge in [0, 0.05) is 11.8 Å². The van der Waals surface area contributed by atoms with Crippen molar-refractivity contribution in [1.29, 1.82) is 0 Å². The minimum atomic E-state index is -1.18. The van der Waals surface area contributed by atoms with Gasteiger partial charge in [-0.3, -0.25) is 0 Å². The van der Waals surface area contributed by atoms with Gasteiger partial charge in [-0.25, -0.2) is 4.79 Å². The molecule has 2 unspecified atom stereocenters. The number of rotatable bonds is 13. The number of hydrogen-bond donors (Lipinski definition) is 2. The van der Waals surface area contributed by atoms with Crippen LogP contribution in [0, 0.1) is 11.8 Å². The van der Waals surface area contributed by atoms with Gasteiger partial charge in [-0.05, 0) is 31.7 Å². The second-order valence-electron chi connectivity index (χ2n) is 7.39. The van der Waals surface area contributed by atoms with Crippen LogP contribution >= 0.6 is 0 Å². The zero-order valence-electron chi connectivity index (χ0n) is 17.9. The average Bonchev–Trinajstić information content (AvgIpc) is 2.67. The lowest BCUT2D eigenvalue weighted by molar-refractivity contribution is -0.666. The summed E-state index contributed by atoms with van der Waals surface area (Å²) >= 11 is 0. The van der Waals surface area contributed by atoms with Gasteiger partial charge < -0.3 is 15.5 Å². The van der Waals surface area contributed by atoms with Crippen LogP contribution < -0.4 is 10.4 Å². The molecule has 0 spiro atoms. The molecule has 0 saturated carbocycles. The molecule has 0 aliphatic heterocycles. The van der Waals surface area contributed by atoms with Gasteiger partial charge in [0.2, 0.25) is 0 Å². The van der Waals surface area contributed by atoms with Crippen LogP contribution in [-0.4, -0.2) is 24.2 Å². The van der Waals surface area contributed by atoms with E-state index in [0.29, 0.717) is 0 Å². The van der Waals surface area contributed by atoms with Gasteiger partial charge in [0.15, 0.2) is 0 Å². The van der Waals surface area contributed by atoms with Crippen LogP contribution in [0.15, 0.2) is 24.3 Å². The molecule has 27 heavy (non-hydrogen) atoms. The second kappa shape index (κ2) is 16.6. The van der Waals surface area contributed by atoms with E-state index in [2.05, 4.69) is 33.0 Å². The number of para-hydroxylation sites is 1. The van der Waals surface area contributed by atoms with Crippen LogP contribution in [0.1, 0.15) is 89.4 Å². The molecule has 0 bridgehead atoms. The molecule has 3 N–H and O–H groups in total. The lowest BCUT2D eigenvalue weighted by Gasteiger charge is -2.16. The smallest absolute Gasteiger partial charge is 0.335 e.